The highest BCUT2D eigenvalue weighted by molar-refractivity contribution is 5.95. The molecule has 1 saturated carbocycles. The SMILES string of the molecule is COc1ccc(C(=O)N2C[C@H](C(=O)NC3CC3)[C@@H](c3ccc(OC)cc3OC)C2)cc1. The molecule has 1 saturated heterocycles. The minimum absolute atomic E-state index is 0.00426. The van der Waals surface area contributed by atoms with Crippen LogP contribution in [0, 0.1) is 5.92 Å². The monoisotopic (exact) mass is 424 g/mol. The van der Waals surface area contributed by atoms with Crippen molar-refractivity contribution in [2.45, 2.75) is 24.8 Å². The summed E-state index contributed by atoms with van der Waals surface area (Å²) in [6, 6.07) is 12.9. The van der Waals surface area contributed by atoms with E-state index < -0.39 is 0 Å². The Bertz CT molecular complexity index is 955. The molecule has 7 heteroatoms. The number of carbonyl (C=O) groups is 2. The highest BCUT2D eigenvalue weighted by atomic mass is 16.5. The van der Waals surface area contributed by atoms with Crippen LogP contribution in [-0.2, 0) is 4.79 Å². The van der Waals surface area contributed by atoms with Gasteiger partial charge < -0.3 is 24.4 Å². The zero-order chi connectivity index (χ0) is 22.0. The van der Waals surface area contributed by atoms with Gasteiger partial charge in [-0.15, -0.1) is 0 Å². The van der Waals surface area contributed by atoms with Crippen LogP contribution >= 0.6 is 0 Å². The molecule has 2 aromatic rings. The molecule has 2 aromatic carbocycles. The lowest BCUT2D eigenvalue weighted by Crippen LogP contribution is -2.36. The largest absolute Gasteiger partial charge is 0.497 e. The molecule has 1 N–H and O–H groups in total. The Morgan fingerprint density at radius 1 is 0.903 bits per heavy atom. The van der Waals surface area contributed by atoms with Gasteiger partial charge in [-0.1, -0.05) is 6.07 Å². The van der Waals surface area contributed by atoms with Crippen LogP contribution in [0.5, 0.6) is 17.2 Å². The van der Waals surface area contributed by atoms with Crippen molar-refractivity contribution in [3.8, 4) is 17.2 Å². The van der Waals surface area contributed by atoms with Crippen LogP contribution in [0.4, 0.5) is 0 Å². The predicted octanol–water partition coefficient (Wildman–Crippen LogP) is 2.85. The van der Waals surface area contributed by atoms with Gasteiger partial charge >= 0.3 is 0 Å². The smallest absolute Gasteiger partial charge is 0.253 e. The van der Waals surface area contributed by atoms with Crippen molar-refractivity contribution in [3.05, 3.63) is 53.6 Å². The number of likely N-dealkylation sites (tertiary alicyclic amines) is 1. The van der Waals surface area contributed by atoms with Crippen LogP contribution in [0.3, 0.4) is 0 Å². The zero-order valence-corrected chi connectivity index (χ0v) is 18.1. The Morgan fingerprint density at radius 2 is 1.58 bits per heavy atom. The van der Waals surface area contributed by atoms with Gasteiger partial charge in [0.25, 0.3) is 5.91 Å². The summed E-state index contributed by atoms with van der Waals surface area (Å²) in [5.41, 5.74) is 1.48. The fourth-order valence-corrected chi connectivity index (χ4v) is 4.13. The third-order valence-electron chi connectivity index (χ3n) is 6.04. The van der Waals surface area contributed by atoms with Gasteiger partial charge in [-0.05, 0) is 43.2 Å². The molecule has 1 heterocycles. The van der Waals surface area contributed by atoms with Gasteiger partial charge in [-0.3, -0.25) is 9.59 Å². The summed E-state index contributed by atoms with van der Waals surface area (Å²) in [4.78, 5) is 28.0. The molecule has 2 fully saturated rings. The standard InChI is InChI=1S/C24H28N2O5/c1-29-17-8-4-15(5-9-17)24(28)26-13-20(21(14-26)23(27)25-16-6-7-16)19-11-10-18(30-2)12-22(19)31-3/h4-5,8-12,16,20-21H,6-7,13-14H2,1-3H3,(H,25,27)/t20-,21+/m1/s1. The highest BCUT2D eigenvalue weighted by Gasteiger charge is 2.43. The maximum absolute atomic E-state index is 13.2. The average molecular weight is 424 g/mol. The zero-order valence-electron chi connectivity index (χ0n) is 18.1. The van der Waals surface area contributed by atoms with E-state index in [9.17, 15) is 9.59 Å². The number of methoxy groups -OCH3 is 3. The second kappa shape index (κ2) is 8.88. The molecule has 0 spiro atoms. The molecule has 2 aliphatic rings. The van der Waals surface area contributed by atoms with E-state index in [1.54, 1.807) is 50.5 Å². The molecule has 0 bridgehead atoms. The number of ether oxygens (including phenoxy) is 3. The van der Waals surface area contributed by atoms with Gasteiger partial charge in [-0.2, -0.15) is 0 Å². The number of benzene rings is 2. The van der Waals surface area contributed by atoms with Crippen molar-refractivity contribution in [1.82, 2.24) is 10.2 Å². The third kappa shape index (κ3) is 4.45. The maximum Gasteiger partial charge on any atom is 0.253 e. The number of carbonyl (C=O) groups excluding carboxylic acids is 2. The molecule has 7 nitrogen and oxygen atoms in total. The Balaban J connectivity index is 1.62. The van der Waals surface area contributed by atoms with E-state index in [0.717, 1.165) is 18.4 Å². The topological polar surface area (TPSA) is 77.1 Å². The van der Waals surface area contributed by atoms with Gasteiger partial charge in [-0.25, -0.2) is 0 Å². The molecule has 0 unspecified atom stereocenters. The van der Waals surface area contributed by atoms with Crippen LogP contribution in [-0.4, -0.2) is 57.2 Å². The van der Waals surface area contributed by atoms with Crippen LogP contribution in [0.15, 0.2) is 42.5 Å². The normalized spacial score (nSPS) is 20.3. The van der Waals surface area contributed by atoms with E-state index in [1.807, 2.05) is 18.2 Å². The molecular weight excluding hydrogens is 396 g/mol. The van der Waals surface area contributed by atoms with Gasteiger partial charge in [0.05, 0.1) is 27.2 Å². The number of hydrogen-bond donors (Lipinski definition) is 1. The number of nitrogens with zero attached hydrogens (tertiary/aromatic N) is 1. The molecule has 31 heavy (non-hydrogen) atoms. The van der Waals surface area contributed by atoms with Gasteiger partial charge in [0.1, 0.15) is 17.2 Å². The molecule has 2 amide bonds. The van der Waals surface area contributed by atoms with Crippen LogP contribution in [0.25, 0.3) is 0 Å². The maximum atomic E-state index is 13.2. The van der Waals surface area contributed by atoms with Crippen molar-refractivity contribution in [2.75, 3.05) is 34.4 Å². The molecule has 1 aliphatic heterocycles. The summed E-state index contributed by atoms with van der Waals surface area (Å²) >= 11 is 0. The molecule has 2 atom stereocenters. The minimum atomic E-state index is -0.343. The summed E-state index contributed by atoms with van der Waals surface area (Å²) in [6.45, 7) is 0.805. The molecule has 1 aliphatic carbocycles. The molecule has 0 radical (unpaired) electrons. The summed E-state index contributed by atoms with van der Waals surface area (Å²) in [7, 11) is 4.80. The number of rotatable bonds is 7. The Morgan fingerprint density at radius 3 is 2.19 bits per heavy atom. The summed E-state index contributed by atoms with van der Waals surface area (Å²) < 4.78 is 16.1. The number of nitrogens with one attached hydrogen (secondary N) is 1. The Hall–Kier alpha value is -3.22. The van der Waals surface area contributed by atoms with E-state index in [2.05, 4.69) is 5.32 Å². The first-order valence-corrected chi connectivity index (χ1v) is 10.5. The highest BCUT2D eigenvalue weighted by Crippen LogP contribution is 2.40. The Labute approximate surface area is 182 Å². The van der Waals surface area contributed by atoms with Crippen LogP contribution in [0.2, 0.25) is 0 Å². The summed E-state index contributed by atoms with van der Waals surface area (Å²) in [5, 5.41) is 3.11. The quantitative estimate of drug-likeness (QED) is 0.740. The lowest BCUT2D eigenvalue weighted by atomic mass is 9.87. The average Bonchev–Trinajstić information content (AvgIpc) is 3.51. The van der Waals surface area contributed by atoms with Crippen molar-refractivity contribution in [3.63, 3.8) is 0 Å². The van der Waals surface area contributed by atoms with Crippen molar-refractivity contribution < 1.29 is 23.8 Å². The first-order valence-electron chi connectivity index (χ1n) is 10.5. The fraction of sp³-hybridized carbons (Fsp3) is 0.417. The van der Waals surface area contributed by atoms with Crippen molar-refractivity contribution >= 4 is 11.8 Å². The number of hydrogen-bond acceptors (Lipinski definition) is 5. The molecule has 4 rings (SSSR count). The molecule has 164 valence electrons. The lowest BCUT2D eigenvalue weighted by molar-refractivity contribution is -0.125. The van der Waals surface area contributed by atoms with Crippen molar-refractivity contribution in [1.29, 1.82) is 0 Å². The second-order valence-electron chi connectivity index (χ2n) is 8.04. The van der Waals surface area contributed by atoms with E-state index in [0.29, 0.717) is 35.9 Å². The Kier molecular flexibility index (Phi) is 6.02. The predicted molar refractivity (Wildman–Crippen MR) is 116 cm³/mol. The van der Waals surface area contributed by atoms with E-state index in [1.165, 1.54) is 0 Å². The van der Waals surface area contributed by atoms with Gasteiger partial charge in [0, 0.05) is 42.2 Å². The van der Waals surface area contributed by atoms with E-state index >= 15 is 0 Å². The second-order valence-corrected chi connectivity index (χ2v) is 8.04. The van der Waals surface area contributed by atoms with E-state index in [-0.39, 0.29) is 29.7 Å². The summed E-state index contributed by atoms with van der Waals surface area (Å²) in [6.07, 6.45) is 2.03. The first-order chi connectivity index (χ1) is 15.0. The third-order valence-corrected chi connectivity index (χ3v) is 6.04. The van der Waals surface area contributed by atoms with Crippen LogP contribution in [0.1, 0.15) is 34.7 Å². The van der Waals surface area contributed by atoms with E-state index in [4.69, 9.17) is 14.2 Å². The summed E-state index contributed by atoms with van der Waals surface area (Å²) in [5.74, 6) is 1.43. The van der Waals surface area contributed by atoms with Gasteiger partial charge in [0.15, 0.2) is 0 Å². The molecule has 0 aromatic heterocycles. The van der Waals surface area contributed by atoms with Gasteiger partial charge in [0.2, 0.25) is 5.91 Å². The number of amides is 2. The molecular formula is C24H28N2O5. The van der Waals surface area contributed by atoms with Crippen LogP contribution < -0.4 is 19.5 Å². The lowest BCUT2D eigenvalue weighted by Gasteiger charge is -2.21. The minimum Gasteiger partial charge on any atom is -0.497 e. The first kappa shape index (κ1) is 21.0. The fourth-order valence-electron chi connectivity index (χ4n) is 4.13. The van der Waals surface area contributed by atoms with Crippen molar-refractivity contribution in [2.24, 2.45) is 5.92 Å².